The van der Waals surface area contributed by atoms with Gasteiger partial charge in [-0.2, -0.15) is 0 Å². The molecule has 0 aliphatic carbocycles. The van der Waals surface area contributed by atoms with Crippen LogP contribution in [0.15, 0.2) is 127 Å². The third-order valence-corrected chi connectivity index (χ3v) is 7.43. The summed E-state index contributed by atoms with van der Waals surface area (Å²) in [4.78, 5) is 26.3. The van der Waals surface area contributed by atoms with Crippen molar-refractivity contribution in [3.8, 4) is 17.2 Å². The highest BCUT2D eigenvalue weighted by Crippen LogP contribution is 2.36. The Labute approximate surface area is 252 Å². The van der Waals surface area contributed by atoms with E-state index in [0.717, 1.165) is 33.9 Å². The van der Waals surface area contributed by atoms with E-state index in [1.165, 1.54) is 0 Å². The lowest BCUT2D eigenvalue weighted by Gasteiger charge is -2.26. The smallest absolute Gasteiger partial charge is 0.497 e. The number of ether oxygens (including phenoxy) is 3. The number of methoxy groups -OCH3 is 1. The first-order chi connectivity index (χ1) is 20.7. The molecule has 0 aliphatic rings. The van der Waals surface area contributed by atoms with Crippen LogP contribution in [-0.2, 0) is 5.41 Å². The van der Waals surface area contributed by atoms with Gasteiger partial charge in [-0.3, -0.25) is 4.79 Å². The van der Waals surface area contributed by atoms with Crippen molar-refractivity contribution in [2.45, 2.75) is 26.2 Å². The molecule has 0 unspecified atom stereocenters. The Bertz CT molecular complexity index is 1680. The predicted octanol–water partition coefficient (Wildman–Crippen LogP) is 9.27. The number of carbonyl (C=O) groups is 2. The summed E-state index contributed by atoms with van der Waals surface area (Å²) < 4.78 is 16.2. The van der Waals surface area contributed by atoms with E-state index in [9.17, 15) is 9.59 Å². The van der Waals surface area contributed by atoms with E-state index in [-0.39, 0.29) is 11.2 Å². The summed E-state index contributed by atoms with van der Waals surface area (Å²) >= 11 is 0. The predicted molar refractivity (Wildman–Crippen MR) is 169 cm³/mol. The molecule has 43 heavy (non-hydrogen) atoms. The molecule has 5 aromatic rings. The van der Waals surface area contributed by atoms with Gasteiger partial charge in [-0.1, -0.05) is 68.4 Å². The van der Waals surface area contributed by atoms with Crippen LogP contribution < -0.4 is 19.1 Å². The van der Waals surface area contributed by atoms with Gasteiger partial charge >= 0.3 is 6.16 Å². The molecule has 216 valence electrons. The van der Waals surface area contributed by atoms with Gasteiger partial charge < -0.3 is 19.1 Å². The summed E-state index contributed by atoms with van der Waals surface area (Å²) in [6.45, 7) is 5.77. The van der Waals surface area contributed by atoms with Gasteiger partial charge in [0.15, 0.2) is 5.78 Å². The average molecular weight is 572 g/mol. The SMILES string of the molecule is COc1ccc(N(c2ccccc2)c2ccc(OC(=O)Oc3ccc(C(C)(C)c4ccc(C(C)=O)cc4)cc3)cc2)cc1. The van der Waals surface area contributed by atoms with Crippen molar-refractivity contribution in [2.75, 3.05) is 12.0 Å². The molecule has 0 fully saturated rings. The van der Waals surface area contributed by atoms with Crippen LogP contribution in [0.1, 0.15) is 42.3 Å². The minimum absolute atomic E-state index is 0.0383. The lowest BCUT2D eigenvalue weighted by atomic mass is 9.78. The van der Waals surface area contributed by atoms with E-state index in [4.69, 9.17) is 14.2 Å². The number of hydrogen-bond donors (Lipinski definition) is 0. The largest absolute Gasteiger partial charge is 0.519 e. The van der Waals surface area contributed by atoms with Gasteiger partial charge in [-0.05, 0) is 90.8 Å². The van der Waals surface area contributed by atoms with Crippen LogP contribution in [0, 0.1) is 0 Å². The van der Waals surface area contributed by atoms with Crippen molar-refractivity contribution in [3.63, 3.8) is 0 Å². The molecule has 0 atom stereocenters. The molecule has 5 aromatic carbocycles. The number of Topliss-reactive ketones (excluding diaryl/α,β-unsaturated/α-hetero) is 1. The van der Waals surface area contributed by atoms with Gasteiger partial charge in [-0.15, -0.1) is 0 Å². The van der Waals surface area contributed by atoms with Gasteiger partial charge in [0.1, 0.15) is 17.2 Å². The van der Waals surface area contributed by atoms with Crippen LogP contribution in [0.3, 0.4) is 0 Å². The zero-order chi connectivity index (χ0) is 30.4. The fourth-order valence-corrected chi connectivity index (χ4v) is 4.86. The molecule has 0 saturated carbocycles. The van der Waals surface area contributed by atoms with E-state index in [2.05, 4.69) is 18.7 Å². The van der Waals surface area contributed by atoms with Crippen molar-refractivity contribution < 1.29 is 23.8 Å². The van der Waals surface area contributed by atoms with Crippen LogP contribution in [0.2, 0.25) is 0 Å². The third-order valence-electron chi connectivity index (χ3n) is 7.43. The molecule has 0 N–H and O–H groups in total. The van der Waals surface area contributed by atoms with Crippen LogP contribution in [0.4, 0.5) is 21.9 Å². The monoisotopic (exact) mass is 571 g/mol. The summed E-state index contributed by atoms with van der Waals surface area (Å²) in [6.07, 6.45) is -0.824. The topological polar surface area (TPSA) is 65.1 Å². The number of anilines is 3. The summed E-state index contributed by atoms with van der Waals surface area (Å²) in [5.74, 6) is 1.56. The Morgan fingerprint density at radius 1 is 0.558 bits per heavy atom. The second-order valence-electron chi connectivity index (χ2n) is 10.6. The van der Waals surface area contributed by atoms with E-state index in [1.807, 2.05) is 103 Å². The van der Waals surface area contributed by atoms with Crippen LogP contribution >= 0.6 is 0 Å². The first-order valence-electron chi connectivity index (χ1n) is 14.0. The summed E-state index contributed by atoms with van der Waals surface area (Å²) in [7, 11) is 1.64. The van der Waals surface area contributed by atoms with Crippen LogP contribution in [0.25, 0.3) is 0 Å². The minimum Gasteiger partial charge on any atom is -0.497 e. The van der Waals surface area contributed by atoms with Crippen molar-refractivity contribution in [2.24, 2.45) is 0 Å². The van der Waals surface area contributed by atoms with Gasteiger partial charge in [0.05, 0.1) is 7.11 Å². The quantitative estimate of drug-likeness (QED) is 0.0998. The zero-order valence-corrected chi connectivity index (χ0v) is 24.6. The fourth-order valence-electron chi connectivity index (χ4n) is 4.86. The summed E-state index contributed by atoms with van der Waals surface area (Å²) in [6, 6.07) is 40.0. The Kier molecular flexibility index (Phi) is 8.58. The van der Waals surface area contributed by atoms with Crippen molar-refractivity contribution in [1.29, 1.82) is 0 Å². The Morgan fingerprint density at radius 2 is 0.977 bits per heavy atom. The molecule has 6 heteroatoms. The van der Waals surface area contributed by atoms with E-state index < -0.39 is 6.16 Å². The lowest BCUT2D eigenvalue weighted by molar-refractivity contribution is 0.101. The molecular weight excluding hydrogens is 538 g/mol. The summed E-state index contributed by atoms with van der Waals surface area (Å²) in [5, 5.41) is 0. The number of nitrogens with zero attached hydrogens (tertiary/aromatic N) is 1. The lowest BCUT2D eigenvalue weighted by Crippen LogP contribution is -2.19. The maximum Gasteiger partial charge on any atom is 0.519 e. The molecule has 0 spiro atoms. The third kappa shape index (κ3) is 6.76. The maximum absolute atomic E-state index is 12.6. The highest BCUT2D eigenvalue weighted by molar-refractivity contribution is 5.94. The first kappa shape index (κ1) is 29.1. The molecule has 0 aliphatic heterocycles. The molecular formula is C37H33NO5. The van der Waals surface area contributed by atoms with Gasteiger partial charge in [-0.25, -0.2) is 4.79 Å². The Morgan fingerprint density at radius 3 is 1.44 bits per heavy atom. The molecule has 0 radical (unpaired) electrons. The van der Waals surface area contributed by atoms with Crippen molar-refractivity contribution in [1.82, 2.24) is 0 Å². The average Bonchev–Trinajstić information content (AvgIpc) is 3.03. The Balaban J connectivity index is 1.26. The summed E-state index contributed by atoms with van der Waals surface area (Å²) in [5.41, 5.74) is 5.33. The maximum atomic E-state index is 12.6. The molecule has 5 rings (SSSR count). The normalized spacial score (nSPS) is 11.0. The van der Waals surface area contributed by atoms with Crippen LogP contribution in [0.5, 0.6) is 17.2 Å². The van der Waals surface area contributed by atoms with Gasteiger partial charge in [0.2, 0.25) is 0 Å². The number of hydrogen-bond acceptors (Lipinski definition) is 6. The molecule has 0 saturated heterocycles. The van der Waals surface area contributed by atoms with E-state index in [1.54, 1.807) is 38.3 Å². The van der Waals surface area contributed by atoms with Gasteiger partial charge in [0.25, 0.3) is 0 Å². The Hall–Kier alpha value is -5.36. The fraction of sp³-hybridized carbons (Fsp3) is 0.135. The second-order valence-corrected chi connectivity index (χ2v) is 10.6. The van der Waals surface area contributed by atoms with Crippen molar-refractivity contribution >= 4 is 29.0 Å². The number of benzene rings is 5. The number of carbonyl (C=O) groups excluding carboxylic acids is 2. The number of para-hydroxylation sites is 1. The molecule has 0 amide bonds. The van der Waals surface area contributed by atoms with Gasteiger partial charge in [0, 0.05) is 28.0 Å². The number of rotatable bonds is 9. The second kappa shape index (κ2) is 12.7. The van der Waals surface area contributed by atoms with E-state index >= 15 is 0 Å². The van der Waals surface area contributed by atoms with E-state index in [0.29, 0.717) is 17.1 Å². The molecule has 0 heterocycles. The van der Waals surface area contributed by atoms with Crippen molar-refractivity contribution in [3.05, 3.63) is 144 Å². The standard InChI is InChI=1S/C37H33NO5/c1-26(39)27-10-12-28(13-11-27)37(2,3)29-14-20-34(21-15-29)42-36(40)43-35-24-18-32(19-25-35)38(30-8-6-5-7-9-30)31-16-22-33(41-4)23-17-31/h5-25H,1-4H3. The molecule has 6 nitrogen and oxygen atoms in total. The minimum atomic E-state index is -0.824. The first-order valence-corrected chi connectivity index (χ1v) is 14.0. The van der Waals surface area contributed by atoms with Crippen LogP contribution in [-0.4, -0.2) is 19.0 Å². The highest BCUT2D eigenvalue weighted by atomic mass is 16.7. The molecule has 0 aromatic heterocycles. The molecule has 0 bridgehead atoms. The zero-order valence-electron chi connectivity index (χ0n) is 24.6. The highest BCUT2D eigenvalue weighted by Gasteiger charge is 2.23. The number of ketones is 1.